The molecule has 3 N–H and O–H groups in total. The number of nitrogens with two attached hydrogens (primary N) is 1. The third-order valence-electron chi connectivity index (χ3n) is 5.04. The van der Waals surface area contributed by atoms with E-state index in [9.17, 15) is 0 Å². The summed E-state index contributed by atoms with van der Waals surface area (Å²) < 4.78 is 0. The Bertz CT molecular complexity index is 766. The summed E-state index contributed by atoms with van der Waals surface area (Å²) in [4.78, 5) is 11.3. The molecular formula is C20H26IN5. The first kappa shape index (κ1) is 18.9. The van der Waals surface area contributed by atoms with Crippen LogP contribution in [0, 0.1) is 0 Å². The summed E-state index contributed by atoms with van der Waals surface area (Å²) in [5.41, 5.74) is 11.0. The Morgan fingerprint density at radius 3 is 2.65 bits per heavy atom. The standard InChI is InChI=1S/C20H25N5.HI/c21-20(24-18-8-7-16-4-3-5-17(16)12-18)23-14-15-6-9-19(22-13-15)25-10-1-2-11-25;/h6-9,12-13H,1-5,10-11,14H2,(H3,21,23,24);1H. The van der Waals surface area contributed by atoms with E-state index in [2.05, 4.69) is 50.5 Å². The van der Waals surface area contributed by atoms with Gasteiger partial charge in [-0.2, -0.15) is 0 Å². The first-order valence-electron chi connectivity index (χ1n) is 9.16. The minimum absolute atomic E-state index is 0. The predicted molar refractivity (Wildman–Crippen MR) is 119 cm³/mol. The molecule has 1 aliphatic carbocycles. The molecule has 0 unspecified atom stereocenters. The van der Waals surface area contributed by atoms with Crippen LogP contribution in [0.25, 0.3) is 0 Å². The van der Waals surface area contributed by atoms with Crippen molar-refractivity contribution in [1.29, 1.82) is 0 Å². The van der Waals surface area contributed by atoms with E-state index in [0.717, 1.165) is 36.6 Å². The fraction of sp³-hybridized carbons (Fsp3) is 0.400. The molecule has 2 aromatic rings. The van der Waals surface area contributed by atoms with Gasteiger partial charge in [-0.05, 0) is 67.0 Å². The summed E-state index contributed by atoms with van der Waals surface area (Å²) >= 11 is 0. The summed E-state index contributed by atoms with van der Waals surface area (Å²) in [7, 11) is 0. The van der Waals surface area contributed by atoms with Crippen LogP contribution in [0.1, 0.15) is 36.0 Å². The van der Waals surface area contributed by atoms with Crippen molar-refractivity contribution in [3.63, 3.8) is 0 Å². The Labute approximate surface area is 172 Å². The lowest BCUT2D eigenvalue weighted by atomic mass is 10.1. The van der Waals surface area contributed by atoms with Gasteiger partial charge in [-0.1, -0.05) is 12.1 Å². The van der Waals surface area contributed by atoms with Crippen molar-refractivity contribution in [2.45, 2.75) is 38.6 Å². The number of fused-ring (bicyclic) bond motifs is 1. The number of guanidine groups is 1. The Morgan fingerprint density at radius 1 is 1.08 bits per heavy atom. The van der Waals surface area contributed by atoms with Crippen LogP contribution in [0.4, 0.5) is 11.5 Å². The number of aromatic nitrogens is 1. The Morgan fingerprint density at radius 2 is 1.88 bits per heavy atom. The van der Waals surface area contributed by atoms with Crippen LogP contribution in [-0.4, -0.2) is 24.0 Å². The molecule has 6 heteroatoms. The molecule has 4 rings (SSSR count). The average molecular weight is 463 g/mol. The van der Waals surface area contributed by atoms with Gasteiger partial charge in [0.2, 0.25) is 0 Å². The zero-order chi connectivity index (χ0) is 17.1. The van der Waals surface area contributed by atoms with E-state index in [4.69, 9.17) is 5.73 Å². The van der Waals surface area contributed by atoms with Crippen LogP contribution >= 0.6 is 24.0 Å². The van der Waals surface area contributed by atoms with Gasteiger partial charge in [-0.15, -0.1) is 24.0 Å². The maximum Gasteiger partial charge on any atom is 0.193 e. The molecule has 0 bridgehead atoms. The van der Waals surface area contributed by atoms with Gasteiger partial charge in [0, 0.05) is 25.0 Å². The van der Waals surface area contributed by atoms with E-state index in [0.29, 0.717) is 12.5 Å². The van der Waals surface area contributed by atoms with E-state index >= 15 is 0 Å². The number of hydrogen-bond acceptors (Lipinski definition) is 3. The monoisotopic (exact) mass is 463 g/mol. The van der Waals surface area contributed by atoms with Crippen LogP contribution in [0.5, 0.6) is 0 Å². The molecule has 2 aliphatic rings. The quantitative estimate of drug-likeness (QED) is 0.412. The van der Waals surface area contributed by atoms with Crippen LogP contribution < -0.4 is 16.0 Å². The molecule has 1 aromatic heterocycles. The zero-order valence-corrected chi connectivity index (χ0v) is 17.3. The Hall–Kier alpha value is -1.83. The SMILES string of the molecule is I.NC(=NCc1ccc(N2CCCC2)nc1)Nc1ccc2c(c1)CCC2. The van der Waals surface area contributed by atoms with E-state index < -0.39 is 0 Å². The van der Waals surface area contributed by atoms with Crippen molar-refractivity contribution >= 4 is 41.4 Å². The second kappa shape index (κ2) is 8.70. The van der Waals surface area contributed by atoms with Crippen molar-refractivity contribution < 1.29 is 0 Å². The third-order valence-corrected chi connectivity index (χ3v) is 5.04. The lowest BCUT2D eigenvalue weighted by Crippen LogP contribution is -2.22. The smallest absolute Gasteiger partial charge is 0.193 e. The highest BCUT2D eigenvalue weighted by atomic mass is 127. The largest absolute Gasteiger partial charge is 0.370 e. The number of nitrogens with one attached hydrogen (secondary N) is 1. The first-order valence-corrected chi connectivity index (χ1v) is 9.16. The molecule has 138 valence electrons. The average Bonchev–Trinajstić information content (AvgIpc) is 3.32. The molecule has 0 atom stereocenters. The molecule has 0 spiro atoms. The number of pyridine rings is 1. The highest BCUT2D eigenvalue weighted by Crippen LogP contribution is 2.24. The maximum atomic E-state index is 6.04. The fourth-order valence-corrected chi connectivity index (χ4v) is 3.66. The normalized spacial score (nSPS) is 16.3. The number of hydrogen-bond donors (Lipinski definition) is 2. The van der Waals surface area contributed by atoms with Gasteiger partial charge in [-0.3, -0.25) is 0 Å². The summed E-state index contributed by atoms with van der Waals surface area (Å²) in [6, 6.07) is 10.6. The zero-order valence-electron chi connectivity index (χ0n) is 14.9. The topological polar surface area (TPSA) is 66.5 Å². The minimum atomic E-state index is 0. The highest BCUT2D eigenvalue weighted by molar-refractivity contribution is 14.0. The number of rotatable bonds is 4. The second-order valence-electron chi connectivity index (χ2n) is 6.88. The molecule has 5 nitrogen and oxygen atoms in total. The molecule has 0 saturated carbocycles. The first-order chi connectivity index (χ1) is 12.3. The van der Waals surface area contributed by atoms with Gasteiger partial charge in [0.25, 0.3) is 0 Å². The lowest BCUT2D eigenvalue weighted by molar-refractivity contribution is 0.912. The molecule has 0 radical (unpaired) electrons. The fourth-order valence-electron chi connectivity index (χ4n) is 3.66. The van der Waals surface area contributed by atoms with Gasteiger partial charge < -0.3 is 16.0 Å². The third kappa shape index (κ3) is 4.47. The van der Waals surface area contributed by atoms with Crippen molar-refractivity contribution in [1.82, 2.24) is 4.98 Å². The van der Waals surface area contributed by atoms with E-state index in [-0.39, 0.29) is 24.0 Å². The van der Waals surface area contributed by atoms with Crippen LogP contribution in [0.2, 0.25) is 0 Å². The van der Waals surface area contributed by atoms with Gasteiger partial charge in [0.05, 0.1) is 6.54 Å². The highest BCUT2D eigenvalue weighted by Gasteiger charge is 2.13. The van der Waals surface area contributed by atoms with Crippen molar-refractivity contribution in [3.8, 4) is 0 Å². The number of aliphatic imine (C=N–C) groups is 1. The summed E-state index contributed by atoms with van der Waals surface area (Å²) in [6.07, 6.45) is 8.04. The lowest BCUT2D eigenvalue weighted by Gasteiger charge is -2.16. The van der Waals surface area contributed by atoms with E-state index in [1.807, 2.05) is 6.20 Å². The Kier molecular flexibility index (Phi) is 6.34. The molecule has 0 amide bonds. The van der Waals surface area contributed by atoms with Gasteiger partial charge in [-0.25, -0.2) is 9.98 Å². The van der Waals surface area contributed by atoms with E-state index in [1.54, 1.807) is 0 Å². The van der Waals surface area contributed by atoms with Crippen LogP contribution in [0.3, 0.4) is 0 Å². The predicted octanol–water partition coefficient (Wildman–Crippen LogP) is 3.72. The molecule has 26 heavy (non-hydrogen) atoms. The van der Waals surface area contributed by atoms with Crippen molar-refractivity contribution in [2.75, 3.05) is 23.3 Å². The summed E-state index contributed by atoms with van der Waals surface area (Å²) in [5, 5.41) is 3.20. The molecule has 1 fully saturated rings. The number of halogens is 1. The number of anilines is 2. The van der Waals surface area contributed by atoms with Crippen LogP contribution in [-0.2, 0) is 19.4 Å². The van der Waals surface area contributed by atoms with E-state index in [1.165, 1.54) is 36.8 Å². The number of nitrogens with zero attached hydrogens (tertiary/aromatic N) is 3. The second-order valence-corrected chi connectivity index (χ2v) is 6.88. The molecule has 2 heterocycles. The minimum Gasteiger partial charge on any atom is -0.370 e. The molecule has 1 aromatic carbocycles. The molecule has 1 saturated heterocycles. The molecule has 1 aliphatic heterocycles. The summed E-state index contributed by atoms with van der Waals surface area (Å²) in [6.45, 7) is 2.77. The molecular weight excluding hydrogens is 437 g/mol. The summed E-state index contributed by atoms with van der Waals surface area (Å²) in [5.74, 6) is 1.51. The van der Waals surface area contributed by atoms with Gasteiger partial charge in [0.1, 0.15) is 5.82 Å². The maximum absolute atomic E-state index is 6.04. The van der Waals surface area contributed by atoms with Gasteiger partial charge >= 0.3 is 0 Å². The van der Waals surface area contributed by atoms with Crippen molar-refractivity contribution in [2.24, 2.45) is 10.7 Å². The van der Waals surface area contributed by atoms with Crippen LogP contribution in [0.15, 0.2) is 41.5 Å². The number of aryl methyl sites for hydroxylation is 2. The Balaban J connectivity index is 0.00000196. The van der Waals surface area contributed by atoms with Gasteiger partial charge in [0.15, 0.2) is 5.96 Å². The number of benzene rings is 1. The van der Waals surface area contributed by atoms with Crippen molar-refractivity contribution in [3.05, 3.63) is 53.2 Å².